The molecule has 0 saturated heterocycles. The molecule has 2 saturated carbocycles. The van der Waals surface area contributed by atoms with Crippen LogP contribution in [0, 0.1) is 11.8 Å². The minimum Gasteiger partial charge on any atom is -0.411 e. The molecule has 3 atom stereocenters. The molecule has 0 spiro atoms. The van der Waals surface area contributed by atoms with Crippen molar-refractivity contribution in [2.24, 2.45) is 17.0 Å². The van der Waals surface area contributed by atoms with Crippen molar-refractivity contribution in [2.75, 3.05) is 5.32 Å². The number of nitrogens with zero attached hydrogens (tertiary/aromatic N) is 1. The van der Waals surface area contributed by atoms with E-state index < -0.39 is 0 Å². The minimum atomic E-state index is 0.222. The van der Waals surface area contributed by atoms with Crippen molar-refractivity contribution >= 4 is 27.3 Å². The van der Waals surface area contributed by atoms with E-state index in [-0.39, 0.29) is 6.04 Å². The maximum absolute atomic E-state index is 9.12. The third kappa shape index (κ3) is 1.95. The van der Waals surface area contributed by atoms with Gasteiger partial charge in [-0.25, -0.2) is 0 Å². The highest BCUT2D eigenvalue weighted by Crippen LogP contribution is 2.43. The molecule has 3 rings (SSSR count). The van der Waals surface area contributed by atoms with Crippen LogP contribution in [0.2, 0.25) is 0 Å². The quantitative estimate of drug-likeness (QED) is 0.648. The van der Waals surface area contributed by atoms with Gasteiger partial charge in [0, 0.05) is 16.1 Å². The van der Waals surface area contributed by atoms with E-state index >= 15 is 0 Å². The Morgan fingerprint density at radius 1 is 1.24 bits per heavy atom. The fourth-order valence-corrected chi connectivity index (χ4v) is 3.41. The number of fused-ring (bicyclic) bond motifs is 2. The zero-order chi connectivity index (χ0) is 11.8. The number of benzene rings is 1. The van der Waals surface area contributed by atoms with Crippen molar-refractivity contribution in [3.8, 4) is 0 Å². The van der Waals surface area contributed by atoms with E-state index in [1.165, 1.54) is 19.3 Å². The second-order valence-electron chi connectivity index (χ2n) is 4.92. The summed E-state index contributed by atoms with van der Waals surface area (Å²) in [7, 11) is 0. The minimum absolute atomic E-state index is 0.222. The van der Waals surface area contributed by atoms with Gasteiger partial charge in [-0.2, -0.15) is 0 Å². The van der Waals surface area contributed by atoms with Crippen molar-refractivity contribution in [3.05, 3.63) is 28.7 Å². The summed E-state index contributed by atoms with van der Waals surface area (Å²) in [6.07, 6.45) is 3.61. The van der Waals surface area contributed by atoms with Crippen LogP contribution in [0.15, 0.2) is 33.9 Å². The Kier molecular flexibility index (Phi) is 2.82. The molecule has 3 unspecified atom stereocenters. The standard InChI is InChI=1S/C13H15BrN2O/c14-10-3-5-11(6-4-10)15-12-8-1-2-9(7-8)13(12)16-17/h3-6,8-9,12,15,17H,1-2,7H2/b16-13-. The maximum Gasteiger partial charge on any atom is 0.0826 e. The highest BCUT2D eigenvalue weighted by Gasteiger charge is 2.45. The smallest absolute Gasteiger partial charge is 0.0826 e. The second-order valence-corrected chi connectivity index (χ2v) is 5.84. The van der Waals surface area contributed by atoms with Crippen LogP contribution in [0.5, 0.6) is 0 Å². The first kappa shape index (κ1) is 11.1. The van der Waals surface area contributed by atoms with Crippen molar-refractivity contribution in [1.82, 2.24) is 0 Å². The topological polar surface area (TPSA) is 44.6 Å². The molecule has 2 fully saturated rings. The SMILES string of the molecule is O/N=C1/C2CCC(C2)C1Nc1ccc(Br)cc1. The lowest BCUT2D eigenvalue weighted by molar-refractivity contribution is 0.312. The van der Waals surface area contributed by atoms with E-state index in [1.807, 2.05) is 24.3 Å². The first-order valence-corrected chi connectivity index (χ1v) is 6.81. The highest BCUT2D eigenvalue weighted by atomic mass is 79.9. The summed E-state index contributed by atoms with van der Waals surface area (Å²) >= 11 is 3.42. The van der Waals surface area contributed by atoms with Crippen LogP contribution in [0.4, 0.5) is 5.69 Å². The van der Waals surface area contributed by atoms with Gasteiger partial charge in [-0.3, -0.25) is 0 Å². The number of anilines is 1. The predicted octanol–water partition coefficient (Wildman–Crippen LogP) is 3.49. The van der Waals surface area contributed by atoms with Gasteiger partial charge in [0.05, 0.1) is 11.8 Å². The van der Waals surface area contributed by atoms with E-state index in [1.54, 1.807) is 0 Å². The molecule has 3 nitrogen and oxygen atoms in total. The van der Waals surface area contributed by atoms with Gasteiger partial charge >= 0.3 is 0 Å². The number of nitrogens with one attached hydrogen (secondary N) is 1. The number of oxime groups is 1. The molecule has 0 amide bonds. The van der Waals surface area contributed by atoms with Crippen LogP contribution in [0.25, 0.3) is 0 Å². The van der Waals surface area contributed by atoms with Crippen LogP contribution in [0.3, 0.4) is 0 Å². The second kappa shape index (κ2) is 4.33. The van der Waals surface area contributed by atoms with Crippen LogP contribution in [-0.4, -0.2) is 17.0 Å². The van der Waals surface area contributed by atoms with Crippen LogP contribution < -0.4 is 5.32 Å². The van der Waals surface area contributed by atoms with Gasteiger partial charge in [0.1, 0.15) is 0 Å². The normalized spacial score (nSPS) is 33.2. The molecular weight excluding hydrogens is 280 g/mol. The predicted molar refractivity (Wildman–Crippen MR) is 71.6 cm³/mol. The van der Waals surface area contributed by atoms with Gasteiger partial charge in [-0.05, 0) is 49.4 Å². The lowest BCUT2D eigenvalue weighted by atomic mass is 9.93. The molecule has 0 aromatic heterocycles. The third-order valence-corrected chi connectivity index (χ3v) is 4.49. The molecule has 1 aromatic rings. The summed E-state index contributed by atoms with van der Waals surface area (Å²) in [5.74, 6) is 1.13. The fraction of sp³-hybridized carbons (Fsp3) is 0.462. The molecule has 90 valence electrons. The largest absolute Gasteiger partial charge is 0.411 e. The average Bonchev–Trinajstić information content (AvgIpc) is 2.92. The van der Waals surface area contributed by atoms with Gasteiger partial charge in [-0.15, -0.1) is 0 Å². The van der Waals surface area contributed by atoms with Crippen molar-refractivity contribution in [1.29, 1.82) is 0 Å². The summed E-state index contributed by atoms with van der Waals surface area (Å²) in [5, 5.41) is 16.1. The number of hydrogen-bond acceptors (Lipinski definition) is 3. The van der Waals surface area contributed by atoms with Gasteiger partial charge in [-0.1, -0.05) is 21.1 Å². The molecule has 2 aliphatic carbocycles. The Bertz CT molecular complexity index is 443. The Hall–Kier alpha value is -1.03. The molecule has 2 N–H and O–H groups in total. The Balaban J connectivity index is 1.79. The molecule has 0 aliphatic heterocycles. The first-order chi connectivity index (χ1) is 8.28. The van der Waals surface area contributed by atoms with Crippen molar-refractivity contribution in [2.45, 2.75) is 25.3 Å². The Labute approximate surface area is 109 Å². The molecule has 4 heteroatoms. The van der Waals surface area contributed by atoms with Crippen LogP contribution >= 0.6 is 15.9 Å². The molecule has 2 bridgehead atoms. The number of rotatable bonds is 2. The molecule has 0 radical (unpaired) electrons. The van der Waals surface area contributed by atoms with E-state index in [0.29, 0.717) is 11.8 Å². The molecule has 17 heavy (non-hydrogen) atoms. The zero-order valence-corrected chi connectivity index (χ0v) is 11.0. The molecule has 0 heterocycles. The van der Waals surface area contributed by atoms with Crippen molar-refractivity contribution < 1.29 is 5.21 Å². The van der Waals surface area contributed by atoms with Gasteiger partial charge in [0.25, 0.3) is 0 Å². The van der Waals surface area contributed by atoms with Crippen LogP contribution in [-0.2, 0) is 0 Å². The summed E-state index contributed by atoms with van der Waals surface area (Å²) < 4.78 is 1.08. The molecule has 1 aromatic carbocycles. The summed E-state index contributed by atoms with van der Waals surface area (Å²) in [6, 6.07) is 8.35. The van der Waals surface area contributed by atoms with E-state index in [0.717, 1.165) is 15.9 Å². The fourth-order valence-electron chi connectivity index (χ4n) is 3.14. The average molecular weight is 295 g/mol. The molecular formula is C13H15BrN2O. The van der Waals surface area contributed by atoms with Gasteiger partial charge in [0.15, 0.2) is 0 Å². The van der Waals surface area contributed by atoms with Crippen LogP contribution in [0.1, 0.15) is 19.3 Å². The van der Waals surface area contributed by atoms with Gasteiger partial charge < -0.3 is 10.5 Å². The van der Waals surface area contributed by atoms with Crippen molar-refractivity contribution in [3.63, 3.8) is 0 Å². The van der Waals surface area contributed by atoms with E-state index in [2.05, 4.69) is 26.4 Å². The summed E-state index contributed by atoms with van der Waals surface area (Å²) in [6.45, 7) is 0. The first-order valence-electron chi connectivity index (χ1n) is 6.02. The Morgan fingerprint density at radius 3 is 2.71 bits per heavy atom. The van der Waals surface area contributed by atoms with E-state index in [9.17, 15) is 0 Å². The third-order valence-electron chi connectivity index (χ3n) is 3.96. The lowest BCUT2D eigenvalue weighted by Gasteiger charge is -2.24. The zero-order valence-electron chi connectivity index (χ0n) is 9.44. The monoisotopic (exact) mass is 294 g/mol. The van der Waals surface area contributed by atoms with Gasteiger partial charge in [0.2, 0.25) is 0 Å². The van der Waals surface area contributed by atoms with E-state index in [4.69, 9.17) is 5.21 Å². The lowest BCUT2D eigenvalue weighted by Crippen LogP contribution is -2.35. The Morgan fingerprint density at radius 2 is 2.00 bits per heavy atom. The number of hydrogen-bond donors (Lipinski definition) is 2. The summed E-state index contributed by atoms with van der Waals surface area (Å²) in [4.78, 5) is 0. The highest BCUT2D eigenvalue weighted by molar-refractivity contribution is 9.10. The number of halogens is 1. The molecule has 2 aliphatic rings. The summed E-state index contributed by atoms with van der Waals surface area (Å²) in [5.41, 5.74) is 2.04. The maximum atomic E-state index is 9.12.